The summed E-state index contributed by atoms with van der Waals surface area (Å²) in [6.45, 7) is 6.28. The number of ether oxygens (including phenoxy) is 1. The monoisotopic (exact) mass is 272 g/mol. The summed E-state index contributed by atoms with van der Waals surface area (Å²) in [4.78, 5) is 0. The number of hydrogen-bond donors (Lipinski definition) is 0. The molecule has 5 nitrogen and oxygen atoms in total. The van der Waals surface area contributed by atoms with Crippen LogP contribution in [0.4, 0.5) is 0 Å². The van der Waals surface area contributed by atoms with Crippen molar-refractivity contribution in [2.75, 3.05) is 13.2 Å². The Morgan fingerprint density at radius 2 is 1.19 bits per heavy atom. The predicted octanol–water partition coefficient (Wildman–Crippen LogP) is -4.73. The molecule has 0 N–H and O–H groups in total. The first-order valence-electron chi connectivity index (χ1n) is 4.66. The molecule has 88 valence electrons. The average Bonchev–Trinajstić information content (AvgIpc) is 2.01. The van der Waals surface area contributed by atoms with Crippen LogP contribution in [-0.2, 0) is 15.1 Å². The Morgan fingerprint density at radius 3 is 1.38 bits per heavy atom. The van der Waals surface area contributed by atoms with Gasteiger partial charge in [0.05, 0.1) is 0 Å². The van der Waals surface area contributed by atoms with Crippen LogP contribution in [0.1, 0.15) is 39.5 Å². The molecule has 0 aromatic rings. The maximum atomic E-state index is 8.52. The molecule has 0 unspecified atom stereocenters. The first-order chi connectivity index (χ1) is 6.41. The Labute approximate surface area is 143 Å². The van der Waals surface area contributed by atoms with Gasteiger partial charge in [-0.05, 0) is 12.8 Å². The zero-order valence-corrected chi connectivity index (χ0v) is 15.5. The second-order valence-corrected chi connectivity index (χ2v) is 3.54. The smallest absolute Gasteiger partial charge is 0.759 e. The quantitative estimate of drug-likeness (QED) is 0.210. The van der Waals surface area contributed by atoms with Crippen molar-refractivity contribution in [3.63, 3.8) is 0 Å². The van der Waals surface area contributed by atoms with Gasteiger partial charge in [0.25, 0.3) is 0 Å². The molecule has 16 heavy (non-hydrogen) atoms. The second kappa shape index (κ2) is 19.2. The van der Waals surface area contributed by atoms with E-state index in [2.05, 4.69) is 13.8 Å². The molecule has 0 radical (unpaired) electrons. The van der Waals surface area contributed by atoms with Gasteiger partial charge in [-0.1, -0.05) is 26.7 Å². The summed E-state index contributed by atoms with van der Waals surface area (Å²) in [5, 5.41) is 0. The molecule has 0 aliphatic carbocycles. The van der Waals surface area contributed by atoms with Crippen LogP contribution in [-0.4, -0.2) is 30.7 Å². The fourth-order valence-electron chi connectivity index (χ4n) is 0.595. The van der Waals surface area contributed by atoms with Crippen molar-refractivity contribution < 1.29 is 81.4 Å². The van der Waals surface area contributed by atoms with E-state index in [1.54, 1.807) is 0 Å². The van der Waals surface area contributed by atoms with Crippen molar-refractivity contribution in [3.8, 4) is 0 Å². The molecule has 0 amide bonds. The normalized spacial score (nSPS) is 9.25. The summed E-state index contributed by atoms with van der Waals surface area (Å²) in [5.74, 6) is 0. The molecule has 0 aliphatic heterocycles. The predicted molar refractivity (Wildman–Crippen MR) is 51.1 cm³/mol. The van der Waals surface area contributed by atoms with Crippen LogP contribution in [0.15, 0.2) is 0 Å². The molecule has 0 bridgehead atoms. The largest absolute Gasteiger partial charge is 1.00 e. The Kier molecular flexibility index (Phi) is 31.6. The summed E-state index contributed by atoms with van der Waals surface area (Å²) in [7, 11) is -5.17. The van der Waals surface area contributed by atoms with E-state index in [9.17, 15) is 0 Å². The molecule has 0 atom stereocenters. The molecular weight excluding hydrogens is 254 g/mol. The summed E-state index contributed by atoms with van der Waals surface area (Å²) in [5.41, 5.74) is 0. The van der Waals surface area contributed by atoms with E-state index in [-0.39, 0.29) is 59.1 Å². The van der Waals surface area contributed by atoms with Gasteiger partial charge in [-0.2, -0.15) is 0 Å². The third kappa shape index (κ3) is 56.8. The first-order valence-corrected chi connectivity index (χ1v) is 5.99. The number of rotatable bonds is 6. The Bertz CT molecular complexity index is 183. The standard InChI is InChI=1S/C8H18O.2Na.H2O4S/c1-3-5-7-9-8-6-4-2;;;1-5(2,3)4/h3-8H2,1-2H3;;;(H2,1,2,3,4)/q;2*+1;/p-2. The Hall–Kier alpha value is 1.83. The van der Waals surface area contributed by atoms with Crippen LogP contribution in [0.25, 0.3) is 0 Å². The fraction of sp³-hybridized carbons (Fsp3) is 1.00. The summed E-state index contributed by atoms with van der Waals surface area (Å²) >= 11 is 0. The SMILES string of the molecule is CCCCOCCCC.O=S(=O)([O-])[O-].[Na+].[Na+]. The number of unbranched alkanes of at least 4 members (excludes halogenated alkanes) is 2. The van der Waals surface area contributed by atoms with Crippen LogP contribution < -0.4 is 59.1 Å². The molecule has 0 heterocycles. The second-order valence-electron chi connectivity index (χ2n) is 2.73. The maximum Gasteiger partial charge on any atom is 1.00 e. The van der Waals surface area contributed by atoms with Gasteiger partial charge in [-0.15, -0.1) is 0 Å². The molecule has 0 rings (SSSR count). The maximum absolute atomic E-state index is 8.52. The topological polar surface area (TPSA) is 89.5 Å². The van der Waals surface area contributed by atoms with Gasteiger partial charge in [0.1, 0.15) is 0 Å². The van der Waals surface area contributed by atoms with E-state index in [1.165, 1.54) is 25.7 Å². The van der Waals surface area contributed by atoms with E-state index >= 15 is 0 Å². The van der Waals surface area contributed by atoms with Crippen molar-refractivity contribution in [3.05, 3.63) is 0 Å². The molecule has 0 fully saturated rings. The van der Waals surface area contributed by atoms with Crippen molar-refractivity contribution in [2.45, 2.75) is 39.5 Å². The minimum absolute atomic E-state index is 0. The van der Waals surface area contributed by atoms with Crippen molar-refractivity contribution >= 4 is 10.4 Å². The van der Waals surface area contributed by atoms with Crippen LogP contribution in [0.2, 0.25) is 0 Å². The summed E-state index contributed by atoms with van der Waals surface area (Å²) in [6.07, 6.45) is 4.91. The zero-order chi connectivity index (χ0) is 11.4. The van der Waals surface area contributed by atoms with E-state index < -0.39 is 10.4 Å². The molecule has 0 saturated carbocycles. The average molecular weight is 272 g/mol. The Balaban J connectivity index is -0.0000000904. The zero-order valence-electron chi connectivity index (χ0n) is 10.7. The van der Waals surface area contributed by atoms with E-state index in [1.807, 2.05) is 0 Å². The van der Waals surface area contributed by atoms with Gasteiger partial charge in [-0.25, -0.2) is 0 Å². The van der Waals surface area contributed by atoms with E-state index in [0.29, 0.717) is 0 Å². The first kappa shape index (κ1) is 26.4. The molecule has 0 aromatic heterocycles. The van der Waals surface area contributed by atoms with E-state index in [4.69, 9.17) is 22.3 Å². The van der Waals surface area contributed by atoms with Crippen molar-refractivity contribution in [2.24, 2.45) is 0 Å². The van der Waals surface area contributed by atoms with Gasteiger partial charge in [0.2, 0.25) is 0 Å². The number of hydrogen-bond acceptors (Lipinski definition) is 5. The van der Waals surface area contributed by atoms with Gasteiger partial charge in [0.15, 0.2) is 0 Å². The van der Waals surface area contributed by atoms with Crippen molar-refractivity contribution in [1.29, 1.82) is 0 Å². The van der Waals surface area contributed by atoms with Crippen LogP contribution >= 0.6 is 0 Å². The third-order valence-corrected chi connectivity index (χ3v) is 1.28. The van der Waals surface area contributed by atoms with Gasteiger partial charge in [0, 0.05) is 23.6 Å². The van der Waals surface area contributed by atoms with Gasteiger partial charge >= 0.3 is 59.1 Å². The van der Waals surface area contributed by atoms with Crippen LogP contribution in [0.3, 0.4) is 0 Å². The van der Waals surface area contributed by atoms with Gasteiger partial charge in [-0.3, -0.25) is 8.42 Å². The molecular formula is C8H18Na2O5S. The molecule has 0 spiro atoms. The van der Waals surface area contributed by atoms with Crippen molar-refractivity contribution in [1.82, 2.24) is 0 Å². The third-order valence-electron chi connectivity index (χ3n) is 1.28. The molecule has 0 aromatic carbocycles. The fourth-order valence-corrected chi connectivity index (χ4v) is 0.595. The van der Waals surface area contributed by atoms with E-state index in [0.717, 1.165) is 13.2 Å². The molecule has 0 aliphatic rings. The van der Waals surface area contributed by atoms with Crippen LogP contribution in [0, 0.1) is 0 Å². The summed E-state index contributed by atoms with van der Waals surface area (Å²) in [6, 6.07) is 0. The van der Waals surface area contributed by atoms with Gasteiger partial charge < -0.3 is 13.8 Å². The molecule has 8 heteroatoms. The Morgan fingerprint density at radius 1 is 0.938 bits per heavy atom. The summed E-state index contributed by atoms with van der Waals surface area (Å²) < 4.78 is 39.4. The van der Waals surface area contributed by atoms with Crippen LogP contribution in [0.5, 0.6) is 0 Å². The minimum atomic E-state index is -5.17. The minimum Gasteiger partial charge on any atom is -0.759 e. The molecule has 0 saturated heterocycles.